The third-order valence-corrected chi connectivity index (χ3v) is 7.42. The first kappa shape index (κ1) is 30.0. The summed E-state index contributed by atoms with van der Waals surface area (Å²) in [6.45, 7) is 18.0. The van der Waals surface area contributed by atoms with Crippen LogP contribution < -0.4 is 9.64 Å². The first-order chi connectivity index (χ1) is 19.3. The highest BCUT2D eigenvalue weighted by molar-refractivity contribution is 5.87. The second kappa shape index (κ2) is 11.9. The fourth-order valence-corrected chi connectivity index (χ4v) is 5.33. The van der Waals surface area contributed by atoms with Crippen molar-refractivity contribution in [1.82, 2.24) is 0 Å². The predicted molar refractivity (Wildman–Crippen MR) is 172 cm³/mol. The molecular formula is C37H45NO3. The molecule has 0 aliphatic rings. The van der Waals surface area contributed by atoms with Gasteiger partial charge in [0.05, 0.1) is 12.3 Å². The Kier molecular flexibility index (Phi) is 8.72. The van der Waals surface area contributed by atoms with Crippen LogP contribution in [0.4, 0.5) is 11.4 Å². The number of para-hydroxylation sites is 2. The number of phenolic OH excluding ortho intramolecular Hbond substituents is 2. The fourth-order valence-electron chi connectivity index (χ4n) is 5.33. The van der Waals surface area contributed by atoms with Crippen molar-refractivity contribution >= 4 is 11.4 Å². The number of nitrogens with zero attached hydrogens (tertiary/aromatic N) is 1. The van der Waals surface area contributed by atoms with Gasteiger partial charge in [0.2, 0.25) is 0 Å². The summed E-state index contributed by atoms with van der Waals surface area (Å²) >= 11 is 0. The lowest BCUT2D eigenvalue weighted by molar-refractivity contribution is 0.313. The van der Waals surface area contributed by atoms with E-state index in [-0.39, 0.29) is 16.6 Å². The fraction of sp³-hybridized carbons (Fsp3) is 0.351. The molecule has 4 nitrogen and oxygen atoms in total. The first-order valence-electron chi connectivity index (χ1n) is 14.5. The highest BCUT2D eigenvalue weighted by Crippen LogP contribution is 2.47. The molecule has 0 heterocycles. The Morgan fingerprint density at radius 1 is 0.634 bits per heavy atom. The minimum absolute atomic E-state index is 0.218. The first-order valence-corrected chi connectivity index (χ1v) is 14.5. The van der Waals surface area contributed by atoms with Crippen molar-refractivity contribution in [3.8, 4) is 28.4 Å². The molecule has 0 bridgehead atoms. The molecule has 0 fully saturated rings. The largest absolute Gasteiger partial charge is 0.507 e. The van der Waals surface area contributed by atoms with Crippen LogP contribution in [-0.2, 0) is 10.8 Å². The molecule has 0 aliphatic heterocycles. The Morgan fingerprint density at radius 3 is 1.83 bits per heavy atom. The van der Waals surface area contributed by atoms with Crippen LogP contribution in [0.1, 0.15) is 70.2 Å². The van der Waals surface area contributed by atoms with E-state index in [9.17, 15) is 10.2 Å². The summed E-state index contributed by atoms with van der Waals surface area (Å²) in [5, 5.41) is 23.3. The number of hydrogen-bond donors (Lipinski definition) is 2. The van der Waals surface area contributed by atoms with E-state index in [1.165, 1.54) is 0 Å². The topological polar surface area (TPSA) is 52.9 Å². The van der Waals surface area contributed by atoms with E-state index in [4.69, 9.17) is 4.74 Å². The normalized spacial score (nSPS) is 11.9. The number of aromatic hydroxyl groups is 2. The van der Waals surface area contributed by atoms with Crippen LogP contribution >= 0.6 is 0 Å². The van der Waals surface area contributed by atoms with Crippen molar-refractivity contribution in [3.63, 3.8) is 0 Å². The Hall–Kier alpha value is -3.92. The molecule has 4 heteroatoms. The van der Waals surface area contributed by atoms with Crippen LogP contribution in [-0.4, -0.2) is 23.4 Å². The van der Waals surface area contributed by atoms with Crippen LogP contribution in [0, 0.1) is 13.8 Å². The van der Waals surface area contributed by atoms with E-state index < -0.39 is 0 Å². The molecule has 0 amide bonds. The summed E-state index contributed by atoms with van der Waals surface area (Å²) in [5.74, 6) is 1.42. The lowest BCUT2D eigenvalue weighted by atomic mass is 9.83. The molecule has 0 aliphatic carbocycles. The van der Waals surface area contributed by atoms with E-state index in [0.717, 1.165) is 56.9 Å². The maximum Gasteiger partial charge on any atom is 0.142 e. The molecular weight excluding hydrogens is 506 g/mol. The Balaban J connectivity index is 1.85. The molecule has 4 rings (SSSR count). The van der Waals surface area contributed by atoms with E-state index in [0.29, 0.717) is 18.9 Å². The van der Waals surface area contributed by atoms with Crippen LogP contribution in [0.2, 0.25) is 0 Å². The Bertz CT molecular complexity index is 1490. The molecule has 0 spiro atoms. The van der Waals surface area contributed by atoms with E-state index in [1.54, 1.807) is 0 Å². The van der Waals surface area contributed by atoms with Crippen LogP contribution in [0.3, 0.4) is 0 Å². The Labute approximate surface area is 246 Å². The summed E-state index contributed by atoms with van der Waals surface area (Å²) in [6, 6.07) is 26.2. The summed E-state index contributed by atoms with van der Waals surface area (Å²) < 4.78 is 6.03. The summed E-state index contributed by atoms with van der Waals surface area (Å²) in [6.07, 6.45) is 0.731. The van der Waals surface area contributed by atoms with Gasteiger partial charge in [0.25, 0.3) is 0 Å². The molecule has 0 atom stereocenters. The van der Waals surface area contributed by atoms with Crippen molar-refractivity contribution in [1.29, 1.82) is 0 Å². The van der Waals surface area contributed by atoms with Gasteiger partial charge in [-0.2, -0.15) is 0 Å². The van der Waals surface area contributed by atoms with Crippen molar-refractivity contribution < 1.29 is 14.9 Å². The van der Waals surface area contributed by atoms with Gasteiger partial charge in [-0.05, 0) is 72.6 Å². The summed E-state index contributed by atoms with van der Waals surface area (Å²) in [5.41, 5.74) is 6.93. The standard InChI is InChI=1S/C37H45NO3/c1-25-21-29(34(39)30(22-25)36(3,4)5)28-17-12-13-18-32(28)38(19-14-20-41-27-15-10-9-11-16-27)33-24-26(2)23-31(35(33)40)37(6,7)8/h9-13,15-18,21-24,39-40H,14,19-20H2,1-8H3. The predicted octanol–water partition coefficient (Wildman–Crippen LogP) is 9.58. The number of rotatable bonds is 8. The third kappa shape index (κ3) is 6.87. The monoisotopic (exact) mass is 551 g/mol. The van der Waals surface area contributed by atoms with Gasteiger partial charge in [-0.25, -0.2) is 0 Å². The number of benzene rings is 4. The number of aryl methyl sites for hydroxylation is 2. The molecule has 4 aromatic rings. The van der Waals surface area contributed by atoms with Crippen molar-refractivity contribution in [3.05, 3.63) is 101 Å². The highest BCUT2D eigenvalue weighted by atomic mass is 16.5. The van der Waals surface area contributed by atoms with E-state index in [2.05, 4.69) is 96.7 Å². The minimum atomic E-state index is -0.233. The van der Waals surface area contributed by atoms with Gasteiger partial charge in [0, 0.05) is 34.5 Å². The highest BCUT2D eigenvalue weighted by Gasteiger charge is 2.27. The second-order valence-corrected chi connectivity index (χ2v) is 13.1. The molecule has 0 saturated heterocycles. The maximum atomic E-state index is 11.7. The van der Waals surface area contributed by atoms with Gasteiger partial charge < -0.3 is 19.8 Å². The van der Waals surface area contributed by atoms with Gasteiger partial charge in [-0.15, -0.1) is 0 Å². The van der Waals surface area contributed by atoms with Crippen molar-refractivity contribution in [2.75, 3.05) is 18.1 Å². The van der Waals surface area contributed by atoms with Crippen LogP contribution in [0.15, 0.2) is 78.9 Å². The molecule has 4 aromatic carbocycles. The zero-order valence-corrected chi connectivity index (χ0v) is 25.9. The molecule has 0 radical (unpaired) electrons. The van der Waals surface area contributed by atoms with Gasteiger partial charge in [0.1, 0.15) is 17.2 Å². The number of anilines is 2. The summed E-state index contributed by atoms with van der Waals surface area (Å²) in [7, 11) is 0. The number of ether oxygens (including phenoxy) is 1. The SMILES string of the molecule is Cc1cc(-c2ccccc2N(CCCOc2ccccc2)c2cc(C)cc(C(C)(C)C)c2O)c(O)c(C(C)(C)C)c1. The molecule has 0 saturated carbocycles. The minimum Gasteiger partial charge on any atom is -0.507 e. The van der Waals surface area contributed by atoms with Crippen LogP contribution in [0.5, 0.6) is 17.2 Å². The lowest BCUT2D eigenvalue weighted by Gasteiger charge is -2.32. The molecule has 0 aromatic heterocycles. The molecule has 2 N–H and O–H groups in total. The average Bonchev–Trinajstić information content (AvgIpc) is 2.90. The smallest absolute Gasteiger partial charge is 0.142 e. The number of hydrogen-bond acceptors (Lipinski definition) is 4. The zero-order chi connectivity index (χ0) is 29.9. The van der Waals surface area contributed by atoms with E-state index >= 15 is 0 Å². The second-order valence-electron chi connectivity index (χ2n) is 13.1. The van der Waals surface area contributed by atoms with Gasteiger partial charge >= 0.3 is 0 Å². The quantitative estimate of drug-likeness (QED) is 0.214. The molecule has 0 unspecified atom stereocenters. The van der Waals surface area contributed by atoms with Gasteiger partial charge in [0.15, 0.2) is 0 Å². The zero-order valence-electron chi connectivity index (χ0n) is 25.9. The van der Waals surface area contributed by atoms with Crippen molar-refractivity contribution in [2.45, 2.75) is 72.6 Å². The number of phenols is 2. The van der Waals surface area contributed by atoms with Gasteiger partial charge in [-0.3, -0.25) is 0 Å². The molecule has 216 valence electrons. The van der Waals surface area contributed by atoms with Crippen LogP contribution in [0.25, 0.3) is 11.1 Å². The summed E-state index contributed by atoms with van der Waals surface area (Å²) in [4.78, 5) is 2.18. The average molecular weight is 552 g/mol. The van der Waals surface area contributed by atoms with Gasteiger partial charge in [-0.1, -0.05) is 90.1 Å². The third-order valence-electron chi connectivity index (χ3n) is 7.42. The Morgan fingerprint density at radius 2 is 1.20 bits per heavy atom. The van der Waals surface area contributed by atoms with Crippen molar-refractivity contribution in [2.24, 2.45) is 0 Å². The maximum absolute atomic E-state index is 11.7. The molecule has 41 heavy (non-hydrogen) atoms. The lowest BCUT2D eigenvalue weighted by Crippen LogP contribution is -2.23. The van der Waals surface area contributed by atoms with E-state index in [1.807, 2.05) is 42.5 Å².